The highest BCUT2D eigenvalue weighted by Gasteiger charge is 2.41. The van der Waals surface area contributed by atoms with E-state index in [4.69, 9.17) is 14.3 Å². The van der Waals surface area contributed by atoms with Gasteiger partial charge >= 0.3 is 5.97 Å². The van der Waals surface area contributed by atoms with Gasteiger partial charge in [-0.05, 0) is 31.4 Å². The fraction of sp³-hybridized carbons (Fsp3) is 0.571. The van der Waals surface area contributed by atoms with E-state index in [-0.39, 0.29) is 12.5 Å². The van der Waals surface area contributed by atoms with Gasteiger partial charge in [0.05, 0.1) is 0 Å². The van der Waals surface area contributed by atoms with Crippen LogP contribution in [0.4, 0.5) is 0 Å². The minimum absolute atomic E-state index is 0.182. The molecule has 24 heavy (non-hydrogen) atoms. The molecule has 9 nitrogen and oxygen atoms in total. The third-order valence-corrected chi connectivity index (χ3v) is 5.47. The first kappa shape index (κ1) is 18.4. The van der Waals surface area contributed by atoms with Gasteiger partial charge in [0.2, 0.25) is 16.8 Å². The molecule has 1 aromatic heterocycles. The van der Waals surface area contributed by atoms with E-state index >= 15 is 0 Å². The van der Waals surface area contributed by atoms with Crippen LogP contribution in [0.1, 0.15) is 29.8 Å². The number of nitrogens with zero attached hydrogens (tertiary/aromatic N) is 1. The minimum Gasteiger partial charge on any atom is -0.475 e. The van der Waals surface area contributed by atoms with E-state index in [9.17, 15) is 18.0 Å². The first-order valence-corrected chi connectivity index (χ1v) is 8.93. The smallest absolute Gasteiger partial charge is 0.371 e. The normalized spacial score (nSPS) is 18.6. The molecule has 10 heteroatoms. The number of sulfonamides is 1. The average Bonchev–Trinajstić information content (AvgIpc) is 3.20. The van der Waals surface area contributed by atoms with Crippen LogP contribution in [0.2, 0.25) is 0 Å². The lowest BCUT2D eigenvalue weighted by Gasteiger charge is -2.22. The topological polar surface area (TPSA) is 126 Å². The summed E-state index contributed by atoms with van der Waals surface area (Å²) in [4.78, 5) is 23.1. The predicted octanol–water partition coefficient (Wildman–Crippen LogP) is 0.284. The molecule has 0 bridgehead atoms. The fourth-order valence-corrected chi connectivity index (χ4v) is 4.10. The van der Waals surface area contributed by atoms with Crippen LogP contribution in [0, 0.1) is 0 Å². The quantitative estimate of drug-likeness (QED) is 0.638. The van der Waals surface area contributed by atoms with Crippen molar-refractivity contribution in [3.05, 3.63) is 17.9 Å². The second kappa shape index (κ2) is 7.77. The second-order valence-electron chi connectivity index (χ2n) is 5.33. The maximum atomic E-state index is 12.6. The largest absolute Gasteiger partial charge is 0.475 e. The molecule has 1 amide bonds. The molecule has 0 radical (unpaired) electrons. The molecule has 0 aliphatic carbocycles. The first-order chi connectivity index (χ1) is 11.4. The number of carboxylic acid groups (broad SMARTS) is 1. The molecule has 0 saturated carbocycles. The molecule has 1 unspecified atom stereocenters. The van der Waals surface area contributed by atoms with Gasteiger partial charge in [-0.2, -0.15) is 4.31 Å². The summed E-state index contributed by atoms with van der Waals surface area (Å²) in [5, 5.41) is 11.0. The number of carbonyl (C=O) groups excluding carboxylic acids is 1. The zero-order valence-corrected chi connectivity index (χ0v) is 14.0. The Morgan fingerprint density at radius 1 is 1.46 bits per heavy atom. The van der Waals surface area contributed by atoms with Crippen molar-refractivity contribution in [1.82, 2.24) is 9.62 Å². The Morgan fingerprint density at radius 2 is 2.21 bits per heavy atom. The van der Waals surface area contributed by atoms with Crippen molar-refractivity contribution in [1.29, 1.82) is 0 Å². The molecule has 2 rings (SSSR count). The highest BCUT2D eigenvalue weighted by atomic mass is 32.2. The molecule has 1 aromatic rings. The number of hydrogen-bond acceptors (Lipinski definition) is 6. The zero-order valence-electron chi connectivity index (χ0n) is 13.2. The maximum absolute atomic E-state index is 12.6. The fourth-order valence-electron chi connectivity index (χ4n) is 2.53. The molecule has 1 aliphatic rings. The van der Waals surface area contributed by atoms with E-state index in [1.165, 1.54) is 0 Å². The van der Waals surface area contributed by atoms with Gasteiger partial charge in [-0.15, -0.1) is 0 Å². The summed E-state index contributed by atoms with van der Waals surface area (Å²) in [6.45, 7) is 1.07. The van der Waals surface area contributed by atoms with E-state index in [0.29, 0.717) is 32.4 Å². The molecule has 1 aliphatic heterocycles. The van der Waals surface area contributed by atoms with Crippen molar-refractivity contribution >= 4 is 21.9 Å². The molecule has 1 saturated heterocycles. The Morgan fingerprint density at radius 3 is 2.83 bits per heavy atom. The highest BCUT2D eigenvalue weighted by Crippen LogP contribution is 2.27. The van der Waals surface area contributed by atoms with Crippen LogP contribution in [0.15, 0.2) is 21.6 Å². The number of nitrogens with one attached hydrogen (secondary N) is 1. The van der Waals surface area contributed by atoms with Gasteiger partial charge in [0.15, 0.2) is 0 Å². The molecule has 0 aromatic carbocycles. The SMILES string of the molecule is COCCCNC(=O)C1CCCN1S(=O)(=O)c1ccc(C(=O)O)o1. The van der Waals surface area contributed by atoms with E-state index in [1.807, 2.05) is 0 Å². The lowest BCUT2D eigenvalue weighted by atomic mass is 10.2. The van der Waals surface area contributed by atoms with Crippen LogP contribution in [0.25, 0.3) is 0 Å². The van der Waals surface area contributed by atoms with Crippen LogP contribution in [0.5, 0.6) is 0 Å². The average molecular weight is 360 g/mol. The summed E-state index contributed by atoms with van der Waals surface area (Å²) in [7, 11) is -2.51. The van der Waals surface area contributed by atoms with Gasteiger partial charge in [0, 0.05) is 26.8 Å². The zero-order chi connectivity index (χ0) is 17.7. The van der Waals surface area contributed by atoms with E-state index in [0.717, 1.165) is 16.4 Å². The number of amides is 1. The monoisotopic (exact) mass is 360 g/mol. The van der Waals surface area contributed by atoms with Gasteiger partial charge in [0.25, 0.3) is 10.0 Å². The van der Waals surface area contributed by atoms with Crippen molar-refractivity contribution in [3.63, 3.8) is 0 Å². The van der Waals surface area contributed by atoms with Gasteiger partial charge in [0.1, 0.15) is 6.04 Å². The Hall–Kier alpha value is -1.91. The van der Waals surface area contributed by atoms with Gasteiger partial charge < -0.3 is 19.6 Å². The minimum atomic E-state index is -4.06. The number of carbonyl (C=O) groups is 2. The molecule has 134 valence electrons. The van der Waals surface area contributed by atoms with Crippen LogP contribution < -0.4 is 5.32 Å². The van der Waals surface area contributed by atoms with Crippen LogP contribution in [-0.4, -0.2) is 62.6 Å². The maximum Gasteiger partial charge on any atom is 0.371 e. The number of ether oxygens (including phenoxy) is 1. The van der Waals surface area contributed by atoms with E-state index in [1.54, 1.807) is 7.11 Å². The van der Waals surface area contributed by atoms with Crippen molar-refractivity contribution < 1.29 is 32.3 Å². The summed E-state index contributed by atoms with van der Waals surface area (Å²) < 4.78 is 36.0. The predicted molar refractivity (Wildman–Crippen MR) is 82.1 cm³/mol. The Balaban J connectivity index is 2.10. The van der Waals surface area contributed by atoms with E-state index in [2.05, 4.69) is 5.32 Å². The number of methoxy groups -OCH3 is 1. The van der Waals surface area contributed by atoms with Crippen LogP contribution >= 0.6 is 0 Å². The summed E-state index contributed by atoms with van der Waals surface area (Å²) in [5.41, 5.74) is 0. The molecular formula is C14H20N2O7S. The number of hydrogen-bond donors (Lipinski definition) is 2. The molecule has 2 N–H and O–H groups in total. The number of carboxylic acids is 1. The lowest BCUT2D eigenvalue weighted by Crippen LogP contribution is -2.46. The standard InChI is InChI=1S/C14H20N2O7S/c1-22-9-3-7-15-13(17)10-4-2-8-16(10)24(20,21)12-6-5-11(23-12)14(18)19/h5-6,10H,2-4,7-9H2,1H3,(H,15,17)(H,18,19). The van der Waals surface area contributed by atoms with Crippen molar-refractivity contribution in [2.75, 3.05) is 26.8 Å². The molecule has 2 heterocycles. The second-order valence-corrected chi connectivity index (χ2v) is 7.16. The van der Waals surface area contributed by atoms with Gasteiger partial charge in [-0.3, -0.25) is 4.79 Å². The Labute approximate surface area is 139 Å². The van der Waals surface area contributed by atoms with Gasteiger partial charge in [-0.25, -0.2) is 13.2 Å². The molecule has 0 spiro atoms. The lowest BCUT2D eigenvalue weighted by molar-refractivity contribution is -0.124. The van der Waals surface area contributed by atoms with Crippen molar-refractivity contribution in [2.24, 2.45) is 0 Å². The molecule has 1 fully saturated rings. The number of aromatic carboxylic acids is 1. The summed E-state index contributed by atoms with van der Waals surface area (Å²) in [5.74, 6) is -2.20. The summed E-state index contributed by atoms with van der Waals surface area (Å²) in [6, 6.07) is 1.34. The van der Waals surface area contributed by atoms with Crippen LogP contribution in [0.3, 0.4) is 0 Å². The van der Waals surface area contributed by atoms with E-state index < -0.39 is 32.9 Å². The summed E-state index contributed by atoms with van der Waals surface area (Å²) >= 11 is 0. The first-order valence-electron chi connectivity index (χ1n) is 7.49. The summed E-state index contributed by atoms with van der Waals surface area (Å²) in [6.07, 6.45) is 1.57. The van der Waals surface area contributed by atoms with Gasteiger partial charge in [-0.1, -0.05) is 0 Å². The third kappa shape index (κ3) is 3.94. The molecule has 1 atom stereocenters. The number of rotatable bonds is 8. The Kier molecular flexibility index (Phi) is 5.97. The third-order valence-electron chi connectivity index (χ3n) is 3.69. The van der Waals surface area contributed by atoms with Crippen molar-refractivity contribution in [2.45, 2.75) is 30.4 Å². The Bertz CT molecular complexity index is 698. The van der Waals surface area contributed by atoms with Crippen LogP contribution in [-0.2, 0) is 19.6 Å². The molecular weight excluding hydrogens is 340 g/mol. The number of furan rings is 1. The van der Waals surface area contributed by atoms with Crippen molar-refractivity contribution in [3.8, 4) is 0 Å². The highest BCUT2D eigenvalue weighted by molar-refractivity contribution is 7.89.